The lowest BCUT2D eigenvalue weighted by Crippen LogP contribution is -2.43. The lowest BCUT2D eigenvalue weighted by molar-refractivity contribution is -0.137. The van der Waals surface area contributed by atoms with Crippen LogP contribution >= 0.6 is 0 Å². The zero-order chi connectivity index (χ0) is 24.2. The first-order valence-electron chi connectivity index (χ1n) is 12.8. The van der Waals surface area contributed by atoms with Gasteiger partial charge in [0, 0.05) is 19.0 Å². The Morgan fingerprint density at radius 2 is 1.85 bits per heavy atom. The average Bonchev–Trinajstić information content (AvgIpc) is 3.36. The number of nitrogens with zero attached hydrogens (tertiary/aromatic N) is 1. The fraction of sp³-hybridized carbons (Fsp3) is 0.517. The van der Waals surface area contributed by atoms with Crippen LogP contribution in [-0.2, 0) is 16.0 Å². The van der Waals surface area contributed by atoms with Crippen molar-refractivity contribution < 1.29 is 14.3 Å². The summed E-state index contributed by atoms with van der Waals surface area (Å²) in [7, 11) is 0. The van der Waals surface area contributed by atoms with Crippen molar-refractivity contribution in [1.29, 1.82) is 0 Å². The quantitative estimate of drug-likeness (QED) is 0.615. The highest BCUT2D eigenvalue weighted by atomic mass is 16.5. The van der Waals surface area contributed by atoms with E-state index in [1.165, 1.54) is 11.1 Å². The Balaban J connectivity index is 1.64. The predicted molar refractivity (Wildman–Crippen MR) is 135 cm³/mol. The third-order valence-electron chi connectivity index (χ3n) is 7.06. The second-order valence-electron chi connectivity index (χ2n) is 10.3. The van der Waals surface area contributed by atoms with Crippen LogP contribution in [0.2, 0.25) is 0 Å². The van der Waals surface area contributed by atoms with Crippen molar-refractivity contribution >= 4 is 11.8 Å². The molecule has 0 bridgehead atoms. The number of carbonyl (C=O) groups is 2. The van der Waals surface area contributed by atoms with Crippen LogP contribution in [0, 0.1) is 18.8 Å². The Labute approximate surface area is 203 Å². The molecule has 0 unspecified atom stereocenters. The van der Waals surface area contributed by atoms with Crippen LogP contribution in [0.15, 0.2) is 42.5 Å². The van der Waals surface area contributed by atoms with Crippen LogP contribution in [0.5, 0.6) is 5.75 Å². The number of ether oxygens (including phenoxy) is 1. The van der Waals surface area contributed by atoms with Crippen LogP contribution < -0.4 is 10.1 Å². The molecule has 2 atom stereocenters. The molecule has 1 saturated carbocycles. The highest BCUT2D eigenvalue weighted by Gasteiger charge is 2.36. The molecule has 0 aromatic heterocycles. The minimum atomic E-state index is -0.589. The monoisotopic (exact) mass is 462 g/mol. The summed E-state index contributed by atoms with van der Waals surface area (Å²) in [4.78, 5) is 28.2. The number of amides is 2. The summed E-state index contributed by atoms with van der Waals surface area (Å²) in [6.07, 6.45) is 4.52. The summed E-state index contributed by atoms with van der Waals surface area (Å²) < 4.78 is 6.06. The summed E-state index contributed by atoms with van der Waals surface area (Å²) in [5.41, 5.74) is 4.66. The van der Waals surface area contributed by atoms with Crippen molar-refractivity contribution in [1.82, 2.24) is 10.2 Å². The molecule has 1 aliphatic heterocycles. The molecular weight excluding hydrogens is 424 g/mol. The Hall–Kier alpha value is -2.82. The maximum absolute atomic E-state index is 13.6. The number of benzene rings is 2. The minimum Gasteiger partial charge on any atom is -0.481 e. The molecule has 1 N–H and O–H groups in total. The molecule has 2 aromatic rings. The predicted octanol–water partition coefficient (Wildman–Crippen LogP) is 5.20. The SMILES string of the molecule is Cc1cccc([C@H]2c3cc(O[C@H](C)C(=O)NCC(C)C)ccc3CCN2C(=O)C2CCCC2)c1. The van der Waals surface area contributed by atoms with E-state index in [1.807, 2.05) is 12.1 Å². The lowest BCUT2D eigenvalue weighted by Gasteiger charge is -2.39. The first-order valence-corrected chi connectivity index (χ1v) is 12.8. The molecule has 34 heavy (non-hydrogen) atoms. The normalized spacial score (nSPS) is 19.1. The average molecular weight is 463 g/mol. The van der Waals surface area contributed by atoms with Crippen molar-refractivity contribution in [3.05, 3.63) is 64.7 Å². The summed E-state index contributed by atoms with van der Waals surface area (Å²) in [6.45, 7) is 9.37. The molecule has 1 fully saturated rings. The number of carbonyl (C=O) groups excluding carboxylic acids is 2. The van der Waals surface area contributed by atoms with Gasteiger partial charge in [-0.2, -0.15) is 0 Å². The second kappa shape index (κ2) is 10.6. The van der Waals surface area contributed by atoms with Gasteiger partial charge in [-0.05, 0) is 67.9 Å². The van der Waals surface area contributed by atoms with Gasteiger partial charge in [-0.25, -0.2) is 0 Å². The van der Waals surface area contributed by atoms with E-state index < -0.39 is 6.10 Å². The van der Waals surface area contributed by atoms with Crippen LogP contribution in [0.3, 0.4) is 0 Å². The van der Waals surface area contributed by atoms with Gasteiger partial charge >= 0.3 is 0 Å². The molecule has 0 spiro atoms. The summed E-state index contributed by atoms with van der Waals surface area (Å²) >= 11 is 0. The maximum Gasteiger partial charge on any atom is 0.260 e. The molecule has 2 amide bonds. The van der Waals surface area contributed by atoms with Gasteiger partial charge in [0.05, 0.1) is 6.04 Å². The van der Waals surface area contributed by atoms with Gasteiger partial charge in [-0.15, -0.1) is 0 Å². The number of fused-ring (bicyclic) bond motifs is 1. The van der Waals surface area contributed by atoms with Gasteiger partial charge < -0.3 is 15.0 Å². The fourth-order valence-corrected chi connectivity index (χ4v) is 5.22. The summed E-state index contributed by atoms with van der Waals surface area (Å²) in [6, 6.07) is 14.4. The molecule has 4 rings (SSSR count). The Morgan fingerprint density at radius 1 is 1.09 bits per heavy atom. The Bertz CT molecular complexity index is 1030. The third kappa shape index (κ3) is 5.45. The molecule has 182 valence electrons. The van der Waals surface area contributed by atoms with E-state index in [0.29, 0.717) is 18.2 Å². The van der Waals surface area contributed by atoms with Gasteiger partial charge in [0.15, 0.2) is 6.10 Å². The van der Waals surface area contributed by atoms with E-state index in [2.05, 4.69) is 61.3 Å². The highest BCUT2D eigenvalue weighted by Crippen LogP contribution is 2.40. The molecule has 2 aliphatic rings. The van der Waals surface area contributed by atoms with Gasteiger partial charge in [-0.3, -0.25) is 9.59 Å². The van der Waals surface area contributed by atoms with Gasteiger partial charge in [0.25, 0.3) is 5.91 Å². The van der Waals surface area contributed by atoms with E-state index in [0.717, 1.165) is 49.8 Å². The van der Waals surface area contributed by atoms with Gasteiger partial charge in [-0.1, -0.05) is 62.6 Å². The van der Waals surface area contributed by atoms with Gasteiger partial charge in [0.1, 0.15) is 5.75 Å². The van der Waals surface area contributed by atoms with Crippen LogP contribution in [0.25, 0.3) is 0 Å². The number of rotatable bonds is 7. The number of hydrogen-bond acceptors (Lipinski definition) is 3. The zero-order valence-electron chi connectivity index (χ0n) is 21.0. The van der Waals surface area contributed by atoms with Crippen LogP contribution in [-0.4, -0.2) is 35.9 Å². The molecule has 2 aromatic carbocycles. The topological polar surface area (TPSA) is 58.6 Å². The van der Waals surface area contributed by atoms with Crippen molar-refractivity contribution in [2.24, 2.45) is 11.8 Å². The molecule has 0 saturated heterocycles. The number of nitrogens with one attached hydrogen (secondary N) is 1. The molecule has 5 nitrogen and oxygen atoms in total. The fourth-order valence-electron chi connectivity index (χ4n) is 5.22. The van der Waals surface area contributed by atoms with Crippen molar-refractivity contribution in [2.75, 3.05) is 13.1 Å². The number of hydrogen-bond donors (Lipinski definition) is 1. The van der Waals surface area contributed by atoms with E-state index in [4.69, 9.17) is 4.74 Å². The van der Waals surface area contributed by atoms with Crippen molar-refractivity contribution in [3.63, 3.8) is 0 Å². The Kier molecular flexibility index (Phi) is 7.60. The van der Waals surface area contributed by atoms with Gasteiger partial charge in [0.2, 0.25) is 5.91 Å². The molecule has 5 heteroatoms. The summed E-state index contributed by atoms with van der Waals surface area (Å²) in [5, 5.41) is 2.94. The van der Waals surface area contributed by atoms with E-state index in [1.54, 1.807) is 6.92 Å². The molecule has 1 heterocycles. The highest BCUT2D eigenvalue weighted by molar-refractivity contribution is 5.81. The lowest BCUT2D eigenvalue weighted by atomic mass is 9.86. The van der Waals surface area contributed by atoms with Crippen LogP contribution in [0.4, 0.5) is 0 Å². The van der Waals surface area contributed by atoms with Crippen molar-refractivity contribution in [2.45, 2.75) is 71.9 Å². The maximum atomic E-state index is 13.6. The van der Waals surface area contributed by atoms with E-state index >= 15 is 0 Å². The Morgan fingerprint density at radius 3 is 2.56 bits per heavy atom. The first kappa shape index (κ1) is 24.3. The largest absolute Gasteiger partial charge is 0.481 e. The molecule has 1 aliphatic carbocycles. The van der Waals surface area contributed by atoms with E-state index in [9.17, 15) is 9.59 Å². The number of aryl methyl sites for hydroxylation is 1. The summed E-state index contributed by atoms with van der Waals surface area (Å²) in [5.74, 6) is 1.36. The second-order valence-corrected chi connectivity index (χ2v) is 10.3. The van der Waals surface area contributed by atoms with Crippen LogP contribution in [0.1, 0.15) is 74.8 Å². The first-order chi connectivity index (χ1) is 16.3. The minimum absolute atomic E-state index is 0.111. The third-order valence-corrected chi connectivity index (χ3v) is 7.06. The zero-order valence-corrected chi connectivity index (χ0v) is 21.0. The smallest absolute Gasteiger partial charge is 0.260 e. The molecule has 0 radical (unpaired) electrons. The van der Waals surface area contributed by atoms with Crippen molar-refractivity contribution in [3.8, 4) is 5.75 Å². The standard InChI is InChI=1S/C29H38N2O3/c1-19(2)18-30-28(32)21(4)34-25-13-12-22-14-15-31(29(33)23-9-5-6-10-23)27(26(22)17-25)24-11-7-8-20(3)16-24/h7-8,11-13,16-17,19,21,23,27H,5-6,9-10,14-15,18H2,1-4H3,(H,30,32)/t21-,27+/m1/s1. The van der Waals surface area contributed by atoms with E-state index in [-0.39, 0.29) is 23.8 Å². The molecular formula is C29H38N2O3.